The van der Waals surface area contributed by atoms with Crippen molar-refractivity contribution in [3.05, 3.63) is 64.8 Å². The van der Waals surface area contributed by atoms with E-state index in [1.54, 1.807) is 48.5 Å². The van der Waals surface area contributed by atoms with E-state index in [0.29, 0.717) is 16.9 Å². The lowest BCUT2D eigenvalue weighted by molar-refractivity contribution is -0.141. The molecule has 0 unspecified atom stereocenters. The van der Waals surface area contributed by atoms with E-state index in [-0.39, 0.29) is 21.0 Å². The summed E-state index contributed by atoms with van der Waals surface area (Å²) in [5.74, 6) is -0.589. The van der Waals surface area contributed by atoms with Crippen molar-refractivity contribution in [1.82, 2.24) is 9.55 Å². The number of amides is 1. The van der Waals surface area contributed by atoms with Gasteiger partial charge in [0.1, 0.15) is 6.54 Å². The average molecular weight is 460 g/mol. The summed E-state index contributed by atoms with van der Waals surface area (Å²) in [5.41, 5.74) is 1.25. The van der Waals surface area contributed by atoms with Gasteiger partial charge in [-0.2, -0.15) is 13.2 Å². The van der Waals surface area contributed by atoms with Crippen LogP contribution in [-0.2, 0) is 11.3 Å². The molecule has 0 radical (unpaired) electrons. The van der Waals surface area contributed by atoms with Gasteiger partial charge in [0, 0.05) is 0 Å². The van der Waals surface area contributed by atoms with Crippen molar-refractivity contribution < 1.29 is 18.0 Å². The molecule has 1 heterocycles. The summed E-state index contributed by atoms with van der Waals surface area (Å²) in [6.45, 7) is -1.21. The number of hydrogen-bond acceptors (Lipinski definition) is 3. The first-order chi connectivity index (χ1) is 13.7. The Bertz CT molecular complexity index is 1010. The molecular formula is C19H14Cl2F3N3OS. The van der Waals surface area contributed by atoms with E-state index < -0.39 is 18.6 Å². The average Bonchev–Trinajstić information content (AvgIpc) is 3.05. The second-order valence-electron chi connectivity index (χ2n) is 5.93. The Hall–Kier alpha value is -2.16. The van der Waals surface area contributed by atoms with Gasteiger partial charge in [0.15, 0.2) is 5.16 Å². The molecule has 0 aliphatic heterocycles. The summed E-state index contributed by atoms with van der Waals surface area (Å²) in [6.07, 6.45) is -3.06. The molecule has 0 fully saturated rings. The summed E-state index contributed by atoms with van der Waals surface area (Å²) >= 11 is 12.8. The number of aromatic nitrogens is 2. The number of hydrogen-bond donors (Lipinski definition) is 1. The topological polar surface area (TPSA) is 46.9 Å². The van der Waals surface area contributed by atoms with Gasteiger partial charge in [0.05, 0.1) is 33.4 Å². The van der Waals surface area contributed by atoms with Gasteiger partial charge in [0.25, 0.3) is 0 Å². The minimum atomic E-state index is -4.43. The number of nitrogens with one attached hydrogen (secondary N) is 1. The van der Waals surface area contributed by atoms with Crippen molar-refractivity contribution >= 4 is 46.6 Å². The fourth-order valence-electron chi connectivity index (χ4n) is 2.56. The van der Waals surface area contributed by atoms with Crippen LogP contribution in [0.4, 0.5) is 18.9 Å². The van der Waals surface area contributed by atoms with Crippen LogP contribution >= 0.6 is 35.0 Å². The monoisotopic (exact) mass is 459 g/mol. The Morgan fingerprint density at radius 1 is 1.10 bits per heavy atom. The number of anilines is 1. The summed E-state index contributed by atoms with van der Waals surface area (Å²) in [5, 5.41) is 3.16. The van der Waals surface area contributed by atoms with E-state index in [2.05, 4.69) is 10.3 Å². The van der Waals surface area contributed by atoms with Crippen molar-refractivity contribution in [2.45, 2.75) is 17.9 Å². The highest BCUT2D eigenvalue weighted by molar-refractivity contribution is 7.99. The van der Waals surface area contributed by atoms with Gasteiger partial charge in [-0.1, -0.05) is 71.4 Å². The molecule has 0 saturated heterocycles. The number of imidazole rings is 1. The van der Waals surface area contributed by atoms with Crippen molar-refractivity contribution in [1.29, 1.82) is 0 Å². The van der Waals surface area contributed by atoms with Crippen LogP contribution in [0, 0.1) is 0 Å². The third-order valence-electron chi connectivity index (χ3n) is 3.78. The zero-order chi connectivity index (χ0) is 21.0. The first kappa shape index (κ1) is 21.5. The van der Waals surface area contributed by atoms with Crippen molar-refractivity contribution in [2.75, 3.05) is 11.1 Å². The number of halogens is 5. The molecule has 3 rings (SSSR count). The quantitative estimate of drug-likeness (QED) is 0.449. The van der Waals surface area contributed by atoms with E-state index in [1.165, 1.54) is 6.20 Å². The molecule has 0 saturated carbocycles. The summed E-state index contributed by atoms with van der Waals surface area (Å²) in [6, 6.07) is 13.4. The van der Waals surface area contributed by atoms with Crippen LogP contribution in [0.25, 0.3) is 11.3 Å². The first-order valence-corrected chi connectivity index (χ1v) is 10.0. The van der Waals surface area contributed by atoms with E-state index >= 15 is 0 Å². The summed E-state index contributed by atoms with van der Waals surface area (Å²) in [4.78, 5) is 16.3. The van der Waals surface area contributed by atoms with Crippen LogP contribution in [0.5, 0.6) is 0 Å². The maximum Gasteiger partial charge on any atom is 0.406 e. The Balaban J connectivity index is 1.77. The molecular weight excluding hydrogens is 446 g/mol. The standard InChI is InChI=1S/C19H14Cl2F3N3OS/c20-13-7-4-8-14(17(13)21)26-16(28)10-29-18-25-9-15(12-5-2-1-3-6-12)27(18)11-19(22,23)24/h1-9H,10-11H2,(H,26,28). The van der Waals surface area contributed by atoms with Gasteiger partial charge in [-0.05, 0) is 17.7 Å². The first-order valence-electron chi connectivity index (χ1n) is 8.29. The smallest absolute Gasteiger partial charge is 0.324 e. The van der Waals surface area contributed by atoms with Crippen LogP contribution < -0.4 is 5.32 Å². The molecule has 152 valence electrons. The predicted octanol–water partition coefficient (Wildman–Crippen LogP) is 6.15. The minimum absolute atomic E-state index is 0.0912. The maximum atomic E-state index is 13.1. The Kier molecular flexibility index (Phi) is 6.77. The van der Waals surface area contributed by atoms with Crippen LogP contribution in [0.3, 0.4) is 0 Å². The van der Waals surface area contributed by atoms with Crippen molar-refractivity contribution in [2.24, 2.45) is 0 Å². The highest BCUT2D eigenvalue weighted by atomic mass is 35.5. The van der Waals surface area contributed by atoms with Crippen molar-refractivity contribution in [3.63, 3.8) is 0 Å². The molecule has 4 nitrogen and oxygen atoms in total. The molecule has 1 amide bonds. The molecule has 0 spiro atoms. The Labute approximate surface area is 179 Å². The molecule has 0 aliphatic carbocycles. The summed E-state index contributed by atoms with van der Waals surface area (Å²) in [7, 11) is 0. The number of benzene rings is 2. The van der Waals surface area contributed by atoms with Gasteiger partial charge in [-0.15, -0.1) is 0 Å². The second-order valence-corrected chi connectivity index (χ2v) is 7.66. The summed E-state index contributed by atoms with van der Waals surface area (Å²) < 4.78 is 40.4. The van der Waals surface area contributed by atoms with Gasteiger partial charge in [-0.25, -0.2) is 4.98 Å². The molecule has 29 heavy (non-hydrogen) atoms. The predicted molar refractivity (Wildman–Crippen MR) is 110 cm³/mol. The normalized spacial score (nSPS) is 11.5. The third-order valence-corrected chi connectivity index (χ3v) is 5.59. The zero-order valence-corrected chi connectivity index (χ0v) is 17.0. The van der Waals surface area contributed by atoms with Gasteiger partial charge < -0.3 is 9.88 Å². The van der Waals surface area contributed by atoms with Gasteiger partial charge in [0.2, 0.25) is 5.91 Å². The van der Waals surface area contributed by atoms with Crippen LogP contribution in [0.15, 0.2) is 59.9 Å². The maximum absolute atomic E-state index is 13.1. The molecule has 0 atom stereocenters. The Morgan fingerprint density at radius 3 is 2.52 bits per heavy atom. The lowest BCUT2D eigenvalue weighted by Gasteiger charge is -2.14. The molecule has 0 aliphatic rings. The molecule has 0 bridgehead atoms. The minimum Gasteiger partial charge on any atom is -0.324 e. The number of carbonyl (C=O) groups is 1. The molecule has 1 N–H and O–H groups in total. The number of alkyl halides is 3. The van der Waals surface area contributed by atoms with Crippen molar-refractivity contribution in [3.8, 4) is 11.3 Å². The largest absolute Gasteiger partial charge is 0.406 e. The van der Waals surface area contributed by atoms with Gasteiger partial charge >= 0.3 is 6.18 Å². The lowest BCUT2D eigenvalue weighted by Crippen LogP contribution is -2.20. The second kappa shape index (κ2) is 9.11. The molecule has 3 aromatic rings. The van der Waals surface area contributed by atoms with Crippen LogP contribution in [0.1, 0.15) is 0 Å². The molecule has 1 aromatic heterocycles. The number of nitrogens with zero attached hydrogens (tertiary/aromatic N) is 2. The van der Waals surface area contributed by atoms with E-state index in [9.17, 15) is 18.0 Å². The highest BCUT2D eigenvalue weighted by Gasteiger charge is 2.31. The van der Waals surface area contributed by atoms with E-state index in [0.717, 1.165) is 16.3 Å². The molecule has 10 heteroatoms. The zero-order valence-electron chi connectivity index (χ0n) is 14.7. The van der Waals surface area contributed by atoms with Crippen LogP contribution in [0.2, 0.25) is 10.0 Å². The number of thioether (sulfide) groups is 1. The highest BCUT2D eigenvalue weighted by Crippen LogP contribution is 2.31. The fourth-order valence-corrected chi connectivity index (χ4v) is 3.69. The number of carbonyl (C=O) groups excluding carboxylic acids is 1. The van der Waals surface area contributed by atoms with E-state index in [4.69, 9.17) is 23.2 Å². The van der Waals surface area contributed by atoms with E-state index in [1.807, 2.05) is 0 Å². The Morgan fingerprint density at radius 2 is 1.83 bits per heavy atom. The van der Waals surface area contributed by atoms with Gasteiger partial charge in [-0.3, -0.25) is 4.79 Å². The van der Waals surface area contributed by atoms with Crippen LogP contribution in [-0.4, -0.2) is 27.4 Å². The third kappa shape index (κ3) is 5.68. The molecule has 2 aromatic carbocycles. The number of rotatable bonds is 6. The lowest BCUT2D eigenvalue weighted by atomic mass is 10.2. The SMILES string of the molecule is O=C(CSc1ncc(-c2ccccc2)n1CC(F)(F)F)Nc1cccc(Cl)c1Cl. The fraction of sp³-hybridized carbons (Fsp3) is 0.158.